The zero-order valence-electron chi connectivity index (χ0n) is 10.3. The second kappa shape index (κ2) is 4.21. The number of fused-ring (bicyclic) bond motifs is 1. The molecular formula is C15H10FN3. The number of aryl methyl sites for hydroxylation is 1. The standard InChI is InChI=1S/C15H10FN3/c1-19-14-7-11(16)4-5-12(14)13(8-17)15(19)10-3-2-6-18-9-10/h2-7,9H,1H3. The van der Waals surface area contributed by atoms with Crippen LogP contribution in [-0.2, 0) is 7.05 Å². The molecule has 0 aliphatic rings. The Balaban J connectivity index is 2.43. The molecule has 3 nitrogen and oxygen atoms in total. The summed E-state index contributed by atoms with van der Waals surface area (Å²) in [6.07, 6.45) is 3.38. The molecule has 0 N–H and O–H groups in total. The molecule has 2 aromatic heterocycles. The third-order valence-electron chi connectivity index (χ3n) is 3.21. The first-order chi connectivity index (χ1) is 9.22. The predicted molar refractivity (Wildman–Crippen MR) is 70.8 cm³/mol. The normalized spacial score (nSPS) is 10.6. The lowest BCUT2D eigenvalue weighted by Gasteiger charge is -2.04. The van der Waals surface area contributed by atoms with Gasteiger partial charge in [-0.1, -0.05) is 0 Å². The van der Waals surface area contributed by atoms with Gasteiger partial charge in [0.1, 0.15) is 11.9 Å². The molecule has 1 aromatic carbocycles. The second-order valence-electron chi connectivity index (χ2n) is 4.30. The summed E-state index contributed by atoms with van der Waals surface area (Å²) in [7, 11) is 1.82. The van der Waals surface area contributed by atoms with Gasteiger partial charge < -0.3 is 4.57 Å². The van der Waals surface area contributed by atoms with Gasteiger partial charge in [0.2, 0.25) is 0 Å². The van der Waals surface area contributed by atoms with Crippen molar-refractivity contribution in [1.29, 1.82) is 5.26 Å². The molecule has 2 heterocycles. The van der Waals surface area contributed by atoms with Crippen molar-refractivity contribution in [1.82, 2.24) is 9.55 Å². The average molecular weight is 251 g/mol. The number of hydrogen-bond donors (Lipinski definition) is 0. The van der Waals surface area contributed by atoms with Crippen LogP contribution in [0.15, 0.2) is 42.7 Å². The number of nitrogens with zero attached hydrogens (tertiary/aromatic N) is 3. The Bertz CT molecular complexity index is 798. The van der Waals surface area contributed by atoms with Gasteiger partial charge in [0.25, 0.3) is 0 Å². The van der Waals surface area contributed by atoms with E-state index in [1.165, 1.54) is 12.1 Å². The van der Waals surface area contributed by atoms with Gasteiger partial charge in [0.15, 0.2) is 0 Å². The molecule has 3 rings (SSSR count). The molecule has 0 saturated carbocycles. The molecule has 0 saturated heterocycles. The van der Waals surface area contributed by atoms with E-state index in [2.05, 4.69) is 11.1 Å². The molecule has 0 aliphatic heterocycles. The molecule has 4 heteroatoms. The molecule has 0 radical (unpaired) electrons. The fraction of sp³-hybridized carbons (Fsp3) is 0.0667. The quantitative estimate of drug-likeness (QED) is 0.666. The van der Waals surface area contributed by atoms with Crippen LogP contribution in [0.1, 0.15) is 5.56 Å². The summed E-state index contributed by atoms with van der Waals surface area (Å²) in [5.74, 6) is -0.310. The first-order valence-electron chi connectivity index (χ1n) is 5.81. The molecule has 92 valence electrons. The van der Waals surface area contributed by atoms with Crippen LogP contribution in [0, 0.1) is 17.1 Å². The van der Waals surface area contributed by atoms with Crippen LogP contribution in [0.4, 0.5) is 4.39 Å². The van der Waals surface area contributed by atoms with Crippen LogP contribution in [0.3, 0.4) is 0 Å². The van der Waals surface area contributed by atoms with Crippen LogP contribution in [0.25, 0.3) is 22.2 Å². The second-order valence-corrected chi connectivity index (χ2v) is 4.30. The van der Waals surface area contributed by atoms with Gasteiger partial charge in [-0.25, -0.2) is 4.39 Å². The third-order valence-corrected chi connectivity index (χ3v) is 3.21. The smallest absolute Gasteiger partial charge is 0.125 e. The van der Waals surface area contributed by atoms with E-state index in [-0.39, 0.29) is 5.82 Å². The monoisotopic (exact) mass is 251 g/mol. The Kier molecular flexibility index (Phi) is 2.53. The molecule has 0 spiro atoms. The van der Waals surface area contributed by atoms with E-state index >= 15 is 0 Å². The van der Waals surface area contributed by atoms with Gasteiger partial charge in [-0.3, -0.25) is 4.98 Å². The summed E-state index contributed by atoms with van der Waals surface area (Å²) >= 11 is 0. The van der Waals surface area contributed by atoms with Gasteiger partial charge in [-0.05, 0) is 30.3 Å². The molecule has 19 heavy (non-hydrogen) atoms. The zero-order chi connectivity index (χ0) is 13.4. The van der Waals surface area contributed by atoms with E-state index in [4.69, 9.17) is 0 Å². The summed E-state index contributed by atoms with van der Waals surface area (Å²) in [6, 6.07) is 10.4. The van der Waals surface area contributed by atoms with Crippen molar-refractivity contribution in [3.05, 3.63) is 54.1 Å². The number of pyridine rings is 1. The average Bonchev–Trinajstić information content (AvgIpc) is 2.72. The minimum Gasteiger partial charge on any atom is -0.342 e. The first kappa shape index (κ1) is 11.4. The lowest BCUT2D eigenvalue weighted by molar-refractivity contribution is 0.629. The van der Waals surface area contributed by atoms with E-state index < -0.39 is 0 Å². The molecular weight excluding hydrogens is 241 g/mol. The molecule has 0 fully saturated rings. The highest BCUT2D eigenvalue weighted by Crippen LogP contribution is 2.32. The lowest BCUT2D eigenvalue weighted by Crippen LogP contribution is -1.93. The van der Waals surface area contributed by atoms with Gasteiger partial charge in [-0.15, -0.1) is 0 Å². The number of aromatic nitrogens is 2. The maximum Gasteiger partial charge on any atom is 0.125 e. The number of benzene rings is 1. The maximum absolute atomic E-state index is 13.4. The number of hydrogen-bond acceptors (Lipinski definition) is 2. The lowest BCUT2D eigenvalue weighted by atomic mass is 10.1. The van der Waals surface area contributed by atoms with Crippen LogP contribution in [0.5, 0.6) is 0 Å². The summed E-state index contributed by atoms with van der Waals surface area (Å²) in [6.45, 7) is 0. The highest BCUT2D eigenvalue weighted by atomic mass is 19.1. The van der Waals surface area contributed by atoms with E-state index in [1.54, 1.807) is 18.5 Å². The van der Waals surface area contributed by atoms with Crippen LogP contribution < -0.4 is 0 Å². The SMILES string of the molecule is Cn1c(-c2cccnc2)c(C#N)c2ccc(F)cc21. The third kappa shape index (κ3) is 1.67. The maximum atomic E-state index is 13.4. The van der Waals surface area contributed by atoms with Crippen molar-refractivity contribution in [3.63, 3.8) is 0 Å². The largest absolute Gasteiger partial charge is 0.342 e. The highest BCUT2D eigenvalue weighted by molar-refractivity contribution is 5.94. The minimum atomic E-state index is -0.310. The van der Waals surface area contributed by atoms with Gasteiger partial charge in [0, 0.05) is 30.4 Å². The van der Waals surface area contributed by atoms with Gasteiger partial charge in [-0.2, -0.15) is 5.26 Å². The van der Waals surface area contributed by atoms with Crippen molar-refractivity contribution in [3.8, 4) is 17.3 Å². The van der Waals surface area contributed by atoms with Gasteiger partial charge in [0.05, 0.1) is 16.8 Å². The number of nitriles is 1. The summed E-state index contributed by atoms with van der Waals surface area (Å²) in [4.78, 5) is 4.07. The van der Waals surface area contributed by atoms with Crippen molar-refractivity contribution in [2.45, 2.75) is 0 Å². The van der Waals surface area contributed by atoms with Crippen LogP contribution >= 0.6 is 0 Å². The Morgan fingerprint density at radius 3 is 2.84 bits per heavy atom. The highest BCUT2D eigenvalue weighted by Gasteiger charge is 2.16. The molecule has 3 aromatic rings. The van der Waals surface area contributed by atoms with E-state index in [0.29, 0.717) is 11.1 Å². The Labute approximate surface area is 109 Å². The predicted octanol–water partition coefficient (Wildman–Crippen LogP) is 3.25. The Morgan fingerprint density at radius 2 is 2.16 bits per heavy atom. The Hall–Kier alpha value is -2.67. The summed E-state index contributed by atoms with van der Waals surface area (Å²) < 4.78 is 15.2. The molecule has 0 amide bonds. The molecule has 0 unspecified atom stereocenters. The van der Waals surface area contributed by atoms with E-state index in [9.17, 15) is 9.65 Å². The van der Waals surface area contributed by atoms with Crippen molar-refractivity contribution in [2.75, 3.05) is 0 Å². The van der Waals surface area contributed by atoms with Crippen molar-refractivity contribution >= 4 is 10.9 Å². The number of rotatable bonds is 1. The van der Waals surface area contributed by atoms with E-state index in [0.717, 1.165) is 16.6 Å². The van der Waals surface area contributed by atoms with Crippen LogP contribution in [0.2, 0.25) is 0 Å². The minimum absolute atomic E-state index is 0.310. The topological polar surface area (TPSA) is 41.6 Å². The fourth-order valence-electron chi connectivity index (χ4n) is 2.36. The Morgan fingerprint density at radius 1 is 1.32 bits per heavy atom. The molecule has 0 bridgehead atoms. The van der Waals surface area contributed by atoms with Crippen molar-refractivity contribution in [2.24, 2.45) is 7.05 Å². The molecule has 0 atom stereocenters. The van der Waals surface area contributed by atoms with Crippen molar-refractivity contribution < 1.29 is 4.39 Å². The summed E-state index contributed by atoms with van der Waals surface area (Å²) in [5.41, 5.74) is 2.86. The molecule has 0 aliphatic carbocycles. The summed E-state index contributed by atoms with van der Waals surface area (Å²) in [5, 5.41) is 10.1. The van der Waals surface area contributed by atoms with Gasteiger partial charge >= 0.3 is 0 Å². The van der Waals surface area contributed by atoms with Crippen LogP contribution in [-0.4, -0.2) is 9.55 Å². The number of halogens is 1. The zero-order valence-corrected chi connectivity index (χ0v) is 10.3. The first-order valence-corrected chi connectivity index (χ1v) is 5.81. The fourth-order valence-corrected chi connectivity index (χ4v) is 2.36. The van der Waals surface area contributed by atoms with E-state index in [1.807, 2.05) is 23.7 Å².